The smallest absolute Gasteiger partial charge is 0.310 e. The number of halogens is 8. The van der Waals surface area contributed by atoms with E-state index in [1.807, 2.05) is 6.19 Å². The van der Waals surface area contributed by atoms with Crippen molar-refractivity contribution in [1.82, 2.24) is 15.2 Å². The lowest BCUT2D eigenvalue weighted by Gasteiger charge is -2.41. The van der Waals surface area contributed by atoms with Crippen molar-refractivity contribution in [1.29, 1.82) is 5.26 Å². The molecule has 0 radical (unpaired) electrons. The van der Waals surface area contributed by atoms with E-state index >= 15 is 0 Å². The summed E-state index contributed by atoms with van der Waals surface area (Å²) in [4.78, 5) is 31.5. The summed E-state index contributed by atoms with van der Waals surface area (Å²) in [6.45, 7) is 3.44. The van der Waals surface area contributed by atoms with Crippen molar-refractivity contribution in [3.63, 3.8) is 0 Å². The molecule has 0 spiro atoms. The minimum Gasteiger partial charge on any atom is -0.351 e. The van der Waals surface area contributed by atoms with E-state index in [0.29, 0.717) is 18.6 Å². The fourth-order valence-corrected chi connectivity index (χ4v) is 6.18. The third kappa shape index (κ3) is 7.14. The van der Waals surface area contributed by atoms with Crippen molar-refractivity contribution < 1.29 is 42.2 Å². The van der Waals surface area contributed by atoms with Gasteiger partial charge in [-0.2, -0.15) is 5.26 Å². The lowest BCUT2D eigenvalue weighted by molar-refractivity contribution is -0.130. The van der Waals surface area contributed by atoms with Crippen LogP contribution in [0.25, 0.3) is 0 Å². The molecule has 236 valence electrons. The maximum atomic E-state index is 14.4. The number of nitrogens with one attached hydrogen (secondary N) is 1. The van der Waals surface area contributed by atoms with E-state index in [2.05, 4.69) is 10.3 Å². The van der Waals surface area contributed by atoms with Crippen LogP contribution >= 0.6 is 10.2 Å². The molecule has 2 amide bonds. The molecule has 2 unspecified atom stereocenters. The number of carbonyl (C=O) groups excluding carboxylic acids is 2. The number of alkyl halides is 2. The highest BCUT2D eigenvalue weighted by atomic mass is 32.5. The number of likely N-dealkylation sites (tertiary alicyclic amines) is 1. The van der Waals surface area contributed by atoms with Crippen molar-refractivity contribution in [2.24, 2.45) is 5.41 Å². The molecule has 7 nitrogen and oxygen atoms in total. The second-order valence-corrected chi connectivity index (χ2v) is 14.0. The Kier molecular flexibility index (Phi) is 7.69. The first-order chi connectivity index (χ1) is 19.6. The van der Waals surface area contributed by atoms with E-state index < -0.39 is 80.7 Å². The Balaban J connectivity index is 1.86. The van der Waals surface area contributed by atoms with Gasteiger partial charge in [-0.3, -0.25) is 24.4 Å². The summed E-state index contributed by atoms with van der Waals surface area (Å²) >= 11 is 0. The number of hydrogen-bond donors (Lipinski definition) is 1. The minimum absolute atomic E-state index is 0.0705. The summed E-state index contributed by atoms with van der Waals surface area (Å²) in [6, 6.07) is -1.70. The molecule has 2 atom stereocenters. The number of carbonyl (C=O) groups is 2. The number of nitriles is 1. The number of hydrogen-bond acceptors (Lipinski definition) is 5. The SMILES string of the molecule is CC1(C)CCN(C#N)C1C(=O)N(c1ccc(S(F)(F)(F)(F)F)cc1)C(C(=O)NC1CCC(F)(F)CC1)c1cncc(F)c1. The molecular formula is C27H29F8N5O2S. The number of anilines is 1. The van der Waals surface area contributed by atoms with Crippen LogP contribution in [0.5, 0.6) is 0 Å². The molecule has 2 aromatic rings. The molecule has 2 aliphatic rings. The first kappa shape index (κ1) is 32.3. The van der Waals surface area contributed by atoms with Gasteiger partial charge in [0.05, 0.1) is 6.20 Å². The van der Waals surface area contributed by atoms with Gasteiger partial charge in [-0.15, -0.1) is 0 Å². The lowest BCUT2D eigenvalue weighted by atomic mass is 9.83. The Morgan fingerprint density at radius 1 is 1.07 bits per heavy atom. The molecule has 4 rings (SSSR count). The lowest BCUT2D eigenvalue weighted by Crippen LogP contribution is -2.54. The molecule has 2 heterocycles. The van der Waals surface area contributed by atoms with Crippen LogP contribution in [0, 0.1) is 22.7 Å². The minimum atomic E-state index is -10.1. The summed E-state index contributed by atoms with van der Waals surface area (Å²) < 4.78 is 109. The highest BCUT2D eigenvalue weighted by Crippen LogP contribution is 3.02. The Bertz CT molecular complexity index is 1440. The number of benzene rings is 1. The van der Waals surface area contributed by atoms with E-state index in [1.165, 1.54) is 0 Å². The maximum absolute atomic E-state index is 14.4. The second kappa shape index (κ2) is 10.2. The summed E-state index contributed by atoms with van der Waals surface area (Å²) in [6.07, 6.45) is 2.74. The van der Waals surface area contributed by atoms with Gasteiger partial charge in [-0.1, -0.05) is 33.3 Å². The van der Waals surface area contributed by atoms with Crippen LogP contribution in [-0.2, 0) is 9.59 Å². The van der Waals surface area contributed by atoms with Gasteiger partial charge in [0, 0.05) is 42.9 Å². The second-order valence-electron chi connectivity index (χ2n) is 11.6. The van der Waals surface area contributed by atoms with Gasteiger partial charge in [0.15, 0.2) is 6.19 Å². The van der Waals surface area contributed by atoms with Gasteiger partial charge >= 0.3 is 10.2 Å². The summed E-state index contributed by atoms with van der Waals surface area (Å²) in [7, 11) is -10.1. The zero-order valence-electron chi connectivity index (χ0n) is 23.1. The van der Waals surface area contributed by atoms with Crippen LogP contribution in [0.4, 0.5) is 38.3 Å². The van der Waals surface area contributed by atoms with Gasteiger partial charge in [0.25, 0.3) is 5.91 Å². The van der Waals surface area contributed by atoms with Crippen molar-refractivity contribution in [3.8, 4) is 6.19 Å². The average molecular weight is 640 g/mol. The van der Waals surface area contributed by atoms with Crippen molar-refractivity contribution in [2.45, 2.75) is 74.9 Å². The van der Waals surface area contributed by atoms with E-state index in [-0.39, 0.29) is 37.1 Å². The zero-order chi connectivity index (χ0) is 32.1. The monoisotopic (exact) mass is 639 g/mol. The molecule has 1 aromatic carbocycles. The van der Waals surface area contributed by atoms with Crippen molar-refractivity contribution >= 4 is 27.7 Å². The predicted octanol–water partition coefficient (Wildman–Crippen LogP) is 7.23. The van der Waals surface area contributed by atoms with E-state index in [4.69, 9.17) is 0 Å². The molecule has 1 aromatic heterocycles. The highest BCUT2D eigenvalue weighted by molar-refractivity contribution is 8.45. The van der Waals surface area contributed by atoms with Crippen molar-refractivity contribution in [2.75, 3.05) is 11.4 Å². The molecule has 1 aliphatic carbocycles. The van der Waals surface area contributed by atoms with Gasteiger partial charge in [-0.25, -0.2) is 13.2 Å². The standard InChI is InChI=1S/C27H29F8N5O2S/c1-26(2)11-12-39(16-36)23(26)25(42)40(20-3-5-21(6-4-20)43(31,32,33,34)35)22(17-13-18(28)15-37-14-17)24(41)38-19-7-9-27(29,30)10-8-19/h3-6,13-15,19,22-23H,7-12H2,1-2H3,(H,38,41). The van der Waals surface area contributed by atoms with Crippen molar-refractivity contribution in [3.05, 3.63) is 54.1 Å². The molecule has 1 saturated heterocycles. The molecule has 2 fully saturated rings. The zero-order valence-corrected chi connectivity index (χ0v) is 23.9. The number of rotatable bonds is 7. The fourth-order valence-electron chi connectivity index (χ4n) is 5.53. The van der Waals surface area contributed by atoms with Gasteiger partial charge in [0.1, 0.15) is 22.8 Å². The number of pyridine rings is 1. The summed E-state index contributed by atoms with van der Waals surface area (Å²) in [5, 5.41) is 12.3. The molecular weight excluding hydrogens is 610 g/mol. The molecule has 0 bridgehead atoms. The average Bonchev–Trinajstić information content (AvgIpc) is 3.20. The normalized spacial score (nSPS) is 22.5. The van der Waals surface area contributed by atoms with Crippen LogP contribution in [0.15, 0.2) is 47.6 Å². The Morgan fingerprint density at radius 2 is 1.67 bits per heavy atom. The number of nitrogens with zero attached hydrogens (tertiary/aromatic N) is 4. The molecule has 1 aliphatic heterocycles. The van der Waals surface area contributed by atoms with Crippen LogP contribution in [0.3, 0.4) is 0 Å². The van der Waals surface area contributed by atoms with Gasteiger partial charge in [-0.05, 0) is 55.0 Å². The Labute approximate surface area is 242 Å². The predicted molar refractivity (Wildman–Crippen MR) is 142 cm³/mol. The van der Waals surface area contributed by atoms with Crippen LogP contribution in [0.1, 0.15) is 57.6 Å². The fraction of sp³-hybridized carbons (Fsp3) is 0.481. The van der Waals surface area contributed by atoms with E-state index in [0.717, 1.165) is 28.3 Å². The molecule has 16 heteroatoms. The third-order valence-corrected chi connectivity index (χ3v) is 8.98. The summed E-state index contributed by atoms with van der Waals surface area (Å²) in [5.74, 6) is -5.82. The molecule has 1 N–H and O–H groups in total. The van der Waals surface area contributed by atoms with Crippen LogP contribution in [-0.4, -0.2) is 46.2 Å². The molecule has 43 heavy (non-hydrogen) atoms. The van der Waals surface area contributed by atoms with Crippen LogP contribution < -0.4 is 10.2 Å². The summed E-state index contributed by atoms with van der Waals surface area (Å²) in [5.41, 5.74) is -1.57. The molecule has 1 saturated carbocycles. The van der Waals surface area contributed by atoms with Gasteiger partial charge in [0.2, 0.25) is 11.8 Å². The Hall–Kier alpha value is -3.61. The highest BCUT2D eigenvalue weighted by Gasteiger charge is 2.65. The van der Waals surface area contributed by atoms with E-state index in [1.54, 1.807) is 13.8 Å². The van der Waals surface area contributed by atoms with Gasteiger partial charge < -0.3 is 5.32 Å². The Morgan fingerprint density at radius 3 is 2.21 bits per heavy atom. The number of amides is 2. The van der Waals surface area contributed by atoms with Crippen LogP contribution in [0.2, 0.25) is 0 Å². The van der Waals surface area contributed by atoms with E-state index in [9.17, 15) is 47.5 Å². The largest absolute Gasteiger partial charge is 0.351 e. The first-order valence-electron chi connectivity index (χ1n) is 13.2. The first-order valence-corrected chi connectivity index (χ1v) is 15.2. The quantitative estimate of drug-likeness (QED) is 0.255. The topological polar surface area (TPSA) is 89.3 Å². The third-order valence-electron chi connectivity index (χ3n) is 7.82. The maximum Gasteiger partial charge on any atom is 0.310 e. The number of aromatic nitrogens is 1.